The molecule has 0 unspecified atom stereocenters. The van der Waals surface area contributed by atoms with Crippen LogP contribution in [0.5, 0.6) is 5.75 Å². The molecule has 2 N–H and O–H groups in total. The minimum atomic E-state index is -0.269. The van der Waals surface area contributed by atoms with Crippen LogP contribution in [0.1, 0.15) is 36.3 Å². The van der Waals surface area contributed by atoms with Crippen LogP contribution < -0.4 is 5.32 Å². The predicted octanol–water partition coefficient (Wildman–Crippen LogP) is 3.09. The minimum absolute atomic E-state index is 0.0773. The molecular formula is C23H24ClN5O3S. The topological polar surface area (TPSA) is 98.7 Å². The molecule has 10 heteroatoms. The van der Waals surface area contributed by atoms with Crippen molar-refractivity contribution in [3.05, 3.63) is 74.5 Å². The molecule has 3 heterocycles. The first-order chi connectivity index (χ1) is 15.9. The van der Waals surface area contributed by atoms with Crippen LogP contribution in [0.15, 0.2) is 42.7 Å². The number of aryl methyl sites for hydroxylation is 1. The summed E-state index contributed by atoms with van der Waals surface area (Å²) in [6, 6.07) is 8.80. The van der Waals surface area contributed by atoms with Crippen molar-refractivity contribution in [2.75, 3.05) is 26.2 Å². The lowest BCUT2D eigenvalue weighted by molar-refractivity contribution is 0.0619. The molecule has 172 valence electrons. The Balaban J connectivity index is 1.27. The van der Waals surface area contributed by atoms with Gasteiger partial charge in [-0.1, -0.05) is 23.7 Å². The zero-order valence-electron chi connectivity index (χ0n) is 18.1. The summed E-state index contributed by atoms with van der Waals surface area (Å²) in [4.78, 5) is 37.9. The van der Waals surface area contributed by atoms with Gasteiger partial charge in [-0.15, -0.1) is 11.3 Å². The van der Waals surface area contributed by atoms with Crippen LogP contribution in [0.25, 0.3) is 0 Å². The Morgan fingerprint density at radius 3 is 2.70 bits per heavy atom. The van der Waals surface area contributed by atoms with E-state index in [1.54, 1.807) is 17.2 Å². The molecule has 2 aromatic heterocycles. The average Bonchev–Trinajstić information content (AvgIpc) is 3.27. The number of halogens is 1. The Kier molecular flexibility index (Phi) is 7.22. The van der Waals surface area contributed by atoms with Crippen LogP contribution in [-0.4, -0.2) is 62.9 Å². The second-order valence-corrected chi connectivity index (χ2v) is 9.36. The fourth-order valence-electron chi connectivity index (χ4n) is 3.56. The predicted molar refractivity (Wildman–Crippen MR) is 127 cm³/mol. The first-order valence-electron chi connectivity index (χ1n) is 10.5. The maximum Gasteiger partial charge on any atom is 0.276 e. The number of piperazine rings is 1. The number of carbonyl (C=O) groups is 2. The molecule has 1 aliphatic heterocycles. The van der Waals surface area contributed by atoms with Crippen molar-refractivity contribution >= 4 is 34.8 Å². The number of benzene rings is 1. The fourth-order valence-corrected chi connectivity index (χ4v) is 4.74. The molecule has 0 radical (unpaired) electrons. The van der Waals surface area contributed by atoms with Crippen LogP contribution in [0.3, 0.4) is 0 Å². The Bertz CT molecular complexity index is 1160. The van der Waals surface area contributed by atoms with Crippen molar-refractivity contribution in [3.8, 4) is 5.75 Å². The lowest BCUT2D eigenvalue weighted by Crippen LogP contribution is -2.48. The SMILES string of the molecule is Cc1ccc(CNC(=O)c2cnc(CN3CCN(C(=O)c4ncccc4O)CC3)s2)c(Cl)c1. The van der Waals surface area contributed by atoms with Crippen LogP contribution in [0, 0.1) is 6.92 Å². The minimum Gasteiger partial charge on any atom is -0.505 e. The third-order valence-corrected chi connectivity index (χ3v) is 6.77. The zero-order chi connectivity index (χ0) is 23.4. The number of rotatable bonds is 6. The first-order valence-corrected chi connectivity index (χ1v) is 11.7. The third-order valence-electron chi connectivity index (χ3n) is 5.43. The molecule has 1 saturated heterocycles. The number of hydrogen-bond acceptors (Lipinski definition) is 7. The number of nitrogens with one attached hydrogen (secondary N) is 1. The molecule has 0 saturated carbocycles. The highest BCUT2D eigenvalue weighted by Gasteiger charge is 2.25. The van der Waals surface area contributed by atoms with Gasteiger partial charge < -0.3 is 15.3 Å². The fraction of sp³-hybridized carbons (Fsp3) is 0.304. The Labute approximate surface area is 200 Å². The Morgan fingerprint density at radius 2 is 1.97 bits per heavy atom. The molecule has 0 aliphatic carbocycles. The molecule has 3 aromatic rings. The number of aromatic hydroxyl groups is 1. The second kappa shape index (κ2) is 10.3. The number of hydrogen-bond donors (Lipinski definition) is 2. The van der Waals surface area contributed by atoms with Crippen molar-refractivity contribution in [1.29, 1.82) is 0 Å². The highest BCUT2D eigenvalue weighted by molar-refractivity contribution is 7.13. The zero-order valence-corrected chi connectivity index (χ0v) is 19.7. The monoisotopic (exact) mass is 485 g/mol. The van der Waals surface area contributed by atoms with E-state index < -0.39 is 0 Å². The number of nitrogens with zero attached hydrogens (tertiary/aromatic N) is 4. The molecule has 0 bridgehead atoms. The summed E-state index contributed by atoms with van der Waals surface area (Å²) in [6.07, 6.45) is 3.09. The highest BCUT2D eigenvalue weighted by atomic mass is 35.5. The van der Waals surface area contributed by atoms with Crippen LogP contribution in [-0.2, 0) is 13.1 Å². The van der Waals surface area contributed by atoms with Gasteiger partial charge in [-0.3, -0.25) is 14.5 Å². The number of aromatic nitrogens is 2. The van der Waals surface area contributed by atoms with Gasteiger partial charge in [0.2, 0.25) is 0 Å². The van der Waals surface area contributed by atoms with Crippen LogP contribution in [0.4, 0.5) is 0 Å². The molecule has 8 nitrogen and oxygen atoms in total. The Morgan fingerprint density at radius 1 is 1.18 bits per heavy atom. The second-order valence-electron chi connectivity index (χ2n) is 7.84. The third kappa shape index (κ3) is 5.68. The summed E-state index contributed by atoms with van der Waals surface area (Å²) in [5.41, 5.74) is 2.02. The van der Waals surface area contributed by atoms with Crippen molar-refractivity contribution in [3.63, 3.8) is 0 Å². The van der Waals surface area contributed by atoms with E-state index in [0.29, 0.717) is 49.2 Å². The number of carbonyl (C=O) groups excluding carboxylic acids is 2. The molecule has 33 heavy (non-hydrogen) atoms. The van der Waals surface area contributed by atoms with E-state index in [0.717, 1.165) is 16.1 Å². The molecule has 2 amide bonds. The van der Waals surface area contributed by atoms with E-state index in [4.69, 9.17) is 11.6 Å². The normalized spacial score (nSPS) is 14.3. The van der Waals surface area contributed by atoms with E-state index in [1.165, 1.54) is 23.6 Å². The summed E-state index contributed by atoms with van der Waals surface area (Å²) in [7, 11) is 0. The van der Waals surface area contributed by atoms with Crippen molar-refractivity contribution < 1.29 is 14.7 Å². The summed E-state index contributed by atoms with van der Waals surface area (Å²) in [5, 5.41) is 14.2. The number of pyridine rings is 1. The van der Waals surface area contributed by atoms with Crippen molar-refractivity contribution in [1.82, 2.24) is 25.1 Å². The van der Waals surface area contributed by atoms with Gasteiger partial charge in [0.15, 0.2) is 5.69 Å². The molecule has 4 rings (SSSR count). The number of thiazole rings is 1. The standard InChI is InChI=1S/C23H24ClN5O3S/c1-15-4-5-16(17(24)11-15)12-27-22(31)19-13-26-20(33-19)14-28-7-9-29(10-8-28)23(32)21-18(30)3-2-6-25-21/h2-6,11,13,30H,7-10,12,14H2,1H3,(H,27,31). The average molecular weight is 486 g/mol. The van der Waals surface area contributed by atoms with Gasteiger partial charge in [0.25, 0.3) is 11.8 Å². The molecular weight excluding hydrogens is 462 g/mol. The summed E-state index contributed by atoms with van der Waals surface area (Å²) >= 11 is 7.60. The molecule has 0 spiro atoms. The summed E-state index contributed by atoms with van der Waals surface area (Å²) < 4.78 is 0. The van der Waals surface area contributed by atoms with E-state index in [9.17, 15) is 14.7 Å². The van der Waals surface area contributed by atoms with E-state index in [1.807, 2.05) is 25.1 Å². The van der Waals surface area contributed by atoms with E-state index in [2.05, 4.69) is 20.2 Å². The van der Waals surface area contributed by atoms with Gasteiger partial charge >= 0.3 is 0 Å². The maximum atomic E-state index is 12.6. The molecule has 1 fully saturated rings. The molecule has 1 aromatic carbocycles. The van der Waals surface area contributed by atoms with E-state index in [-0.39, 0.29) is 23.3 Å². The van der Waals surface area contributed by atoms with Crippen molar-refractivity contribution in [2.45, 2.75) is 20.0 Å². The van der Waals surface area contributed by atoms with Gasteiger partial charge in [-0.25, -0.2) is 9.97 Å². The smallest absolute Gasteiger partial charge is 0.276 e. The van der Waals surface area contributed by atoms with Crippen molar-refractivity contribution in [2.24, 2.45) is 0 Å². The largest absolute Gasteiger partial charge is 0.505 e. The quantitative estimate of drug-likeness (QED) is 0.556. The first kappa shape index (κ1) is 23.2. The van der Waals surface area contributed by atoms with E-state index >= 15 is 0 Å². The van der Waals surface area contributed by atoms with Gasteiger partial charge in [0.1, 0.15) is 15.6 Å². The highest BCUT2D eigenvalue weighted by Crippen LogP contribution is 2.20. The Hall–Kier alpha value is -3.01. The molecule has 0 atom stereocenters. The van der Waals surface area contributed by atoms with Gasteiger partial charge in [0, 0.05) is 43.9 Å². The lowest BCUT2D eigenvalue weighted by atomic mass is 10.1. The summed E-state index contributed by atoms with van der Waals surface area (Å²) in [5.74, 6) is -0.557. The summed E-state index contributed by atoms with van der Waals surface area (Å²) in [6.45, 7) is 5.34. The number of amides is 2. The molecule has 1 aliphatic rings. The van der Waals surface area contributed by atoms with Gasteiger partial charge in [0.05, 0.1) is 12.7 Å². The van der Waals surface area contributed by atoms with Gasteiger partial charge in [-0.05, 0) is 36.2 Å². The van der Waals surface area contributed by atoms with Gasteiger partial charge in [-0.2, -0.15) is 0 Å². The van der Waals surface area contributed by atoms with Crippen LogP contribution >= 0.6 is 22.9 Å². The lowest BCUT2D eigenvalue weighted by Gasteiger charge is -2.34. The maximum absolute atomic E-state index is 12.6. The van der Waals surface area contributed by atoms with Crippen LogP contribution in [0.2, 0.25) is 5.02 Å².